The summed E-state index contributed by atoms with van der Waals surface area (Å²) >= 11 is 7.33. The van der Waals surface area contributed by atoms with E-state index in [0.29, 0.717) is 21.0 Å². The number of aromatic nitrogens is 5. The maximum atomic E-state index is 8.72. The van der Waals surface area contributed by atoms with Crippen LogP contribution in [0.25, 0.3) is 11.4 Å². The van der Waals surface area contributed by atoms with Crippen LogP contribution in [0.3, 0.4) is 0 Å². The number of benzene rings is 1. The molecule has 22 heavy (non-hydrogen) atoms. The Hall–Kier alpha value is -2.43. The lowest BCUT2D eigenvalue weighted by Crippen LogP contribution is -1.95. The first-order chi connectivity index (χ1) is 10.7. The second-order valence-electron chi connectivity index (χ2n) is 4.33. The maximum Gasteiger partial charge on any atom is 0.197 e. The van der Waals surface area contributed by atoms with Gasteiger partial charge in [-0.15, -0.1) is 10.2 Å². The van der Waals surface area contributed by atoms with E-state index in [-0.39, 0.29) is 5.69 Å². The van der Waals surface area contributed by atoms with E-state index in [4.69, 9.17) is 16.9 Å². The predicted octanol–water partition coefficient (Wildman–Crippen LogP) is 2.95. The molecule has 0 saturated heterocycles. The van der Waals surface area contributed by atoms with Gasteiger partial charge in [-0.3, -0.25) is 0 Å². The SMILES string of the molecule is Cn1c(Sc2cnc(C#N)cn2)nnc1-c1cccc(Cl)c1. The van der Waals surface area contributed by atoms with Crippen molar-refractivity contribution in [3.63, 3.8) is 0 Å². The van der Waals surface area contributed by atoms with Gasteiger partial charge in [0.1, 0.15) is 11.1 Å². The standard InChI is InChI=1S/C14H9ClN6S/c1-21-13(9-3-2-4-10(15)5-9)19-20-14(21)22-12-8-17-11(6-16)7-18-12/h2-5,7-8H,1H3. The number of hydrogen-bond acceptors (Lipinski definition) is 6. The van der Waals surface area contributed by atoms with Crippen LogP contribution in [-0.2, 0) is 7.05 Å². The van der Waals surface area contributed by atoms with Crippen molar-refractivity contribution >= 4 is 23.4 Å². The molecule has 0 atom stereocenters. The van der Waals surface area contributed by atoms with Crippen LogP contribution >= 0.6 is 23.4 Å². The lowest BCUT2D eigenvalue weighted by atomic mass is 10.2. The van der Waals surface area contributed by atoms with Gasteiger partial charge in [0.15, 0.2) is 16.7 Å². The highest BCUT2D eigenvalue weighted by atomic mass is 35.5. The van der Waals surface area contributed by atoms with Gasteiger partial charge in [-0.25, -0.2) is 9.97 Å². The molecule has 0 saturated carbocycles. The van der Waals surface area contributed by atoms with E-state index in [0.717, 1.165) is 5.56 Å². The summed E-state index contributed by atoms with van der Waals surface area (Å²) in [5, 5.41) is 19.0. The minimum Gasteiger partial charge on any atom is -0.305 e. The zero-order chi connectivity index (χ0) is 15.5. The van der Waals surface area contributed by atoms with E-state index < -0.39 is 0 Å². The fourth-order valence-corrected chi connectivity index (χ4v) is 2.70. The van der Waals surface area contributed by atoms with Gasteiger partial charge < -0.3 is 4.57 Å². The molecule has 0 bridgehead atoms. The molecule has 3 rings (SSSR count). The van der Waals surface area contributed by atoms with Crippen molar-refractivity contribution < 1.29 is 0 Å². The van der Waals surface area contributed by atoms with Crippen molar-refractivity contribution in [2.75, 3.05) is 0 Å². The summed E-state index contributed by atoms with van der Waals surface area (Å²) < 4.78 is 1.86. The first-order valence-electron chi connectivity index (χ1n) is 6.22. The Kier molecular flexibility index (Phi) is 4.04. The van der Waals surface area contributed by atoms with E-state index in [9.17, 15) is 0 Å². The molecule has 0 fully saturated rings. The monoisotopic (exact) mass is 328 g/mol. The number of rotatable bonds is 3. The van der Waals surface area contributed by atoms with Crippen LogP contribution in [0.4, 0.5) is 0 Å². The first-order valence-corrected chi connectivity index (χ1v) is 7.42. The molecule has 8 heteroatoms. The molecule has 2 heterocycles. The lowest BCUT2D eigenvalue weighted by molar-refractivity contribution is 0.792. The minimum atomic E-state index is 0.280. The molecule has 1 aromatic carbocycles. The number of hydrogen-bond donors (Lipinski definition) is 0. The molecule has 0 amide bonds. The van der Waals surface area contributed by atoms with Gasteiger partial charge >= 0.3 is 0 Å². The van der Waals surface area contributed by atoms with E-state index in [2.05, 4.69) is 20.2 Å². The Bertz CT molecular complexity index is 853. The summed E-state index contributed by atoms with van der Waals surface area (Å²) in [7, 11) is 1.87. The molecule has 0 aliphatic heterocycles. The summed E-state index contributed by atoms with van der Waals surface area (Å²) in [6, 6.07) is 9.36. The molecule has 2 aromatic heterocycles. The quantitative estimate of drug-likeness (QED) is 0.735. The third-order valence-electron chi connectivity index (χ3n) is 2.86. The fourth-order valence-electron chi connectivity index (χ4n) is 1.80. The van der Waals surface area contributed by atoms with Gasteiger partial charge in [0.05, 0.1) is 12.4 Å². The molecule has 0 spiro atoms. The molecule has 0 radical (unpaired) electrons. The van der Waals surface area contributed by atoms with Crippen LogP contribution in [-0.4, -0.2) is 24.7 Å². The molecule has 0 N–H and O–H groups in total. The van der Waals surface area contributed by atoms with Crippen molar-refractivity contribution in [1.82, 2.24) is 24.7 Å². The summed E-state index contributed by atoms with van der Waals surface area (Å²) in [5.74, 6) is 0.714. The first kappa shape index (κ1) is 14.5. The molecule has 0 aliphatic carbocycles. The Morgan fingerprint density at radius 3 is 2.77 bits per heavy atom. The average molecular weight is 329 g/mol. The van der Waals surface area contributed by atoms with E-state index in [1.165, 1.54) is 24.2 Å². The Balaban J connectivity index is 1.88. The molecule has 0 unspecified atom stereocenters. The molecule has 108 valence electrons. The van der Waals surface area contributed by atoms with Gasteiger partial charge in [0.25, 0.3) is 0 Å². The molecular weight excluding hydrogens is 320 g/mol. The van der Waals surface area contributed by atoms with Crippen LogP contribution in [0.1, 0.15) is 5.69 Å². The summed E-state index contributed by atoms with van der Waals surface area (Å²) in [6.07, 6.45) is 2.97. The largest absolute Gasteiger partial charge is 0.305 e. The Morgan fingerprint density at radius 2 is 2.09 bits per heavy atom. The van der Waals surface area contributed by atoms with Gasteiger partial charge in [0, 0.05) is 17.6 Å². The number of nitriles is 1. The highest BCUT2D eigenvalue weighted by Gasteiger charge is 2.13. The lowest BCUT2D eigenvalue weighted by Gasteiger charge is -2.03. The molecule has 6 nitrogen and oxygen atoms in total. The maximum absolute atomic E-state index is 8.72. The minimum absolute atomic E-state index is 0.280. The smallest absolute Gasteiger partial charge is 0.197 e. The van der Waals surface area contributed by atoms with Gasteiger partial charge in [-0.05, 0) is 23.9 Å². The summed E-state index contributed by atoms with van der Waals surface area (Å²) in [4.78, 5) is 8.14. The second-order valence-corrected chi connectivity index (χ2v) is 5.75. The van der Waals surface area contributed by atoms with Crippen LogP contribution in [0, 0.1) is 11.3 Å². The number of nitrogens with zero attached hydrogens (tertiary/aromatic N) is 6. The normalized spacial score (nSPS) is 10.4. The van der Waals surface area contributed by atoms with Crippen molar-refractivity contribution in [3.05, 3.63) is 47.4 Å². The van der Waals surface area contributed by atoms with Gasteiger partial charge in [-0.2, -0.15) is 5.26 Å². The predicted molar refractivity (Wildman–Crippen MR) is 82.3 cm³/mol. The summed E-state index contributed by atoms with van der Waals surface area (Å²) in [5.41, 5.74) is 1.17. The van der Waals surface area contributed by atoms with E-state index in [1.54, 1.807) is 0 Å². The van der Waals surface area contributed by atoms with Crippen molar-refractivity contribution in [2.24, 2.45) is 7.05 Å². The van der Waals surface area contributed by atoms with Gasteiger partial charge in [-0.1, -0.05) is 23.7 Å². The molecular formula is C14H9ClN6S. The Labute approximate surface area is 135 Å². The van der Waals surface area contributed by atoms with Crippen molar-refractivity contribution in [2.45, 2.75) is 10.2 Å². The third kappa shape index (κ3) is 2.93. The van der Waals surface area contributed by atoms with Crippen LogP contribution in [0.5, 0.6) is 0 Å². The molecule has 0 aliphatic rings. The van der Waals surface area contributed by atoms with Crippen molar-refractivity contribution in [3.8, 4) is 17.5 Å². The van der Waals surface area contributed by atoms with Crippen molar-refractivity contribution in [1.29, 1.82) is 5.26 Å². The zero-order valence-electron chi connectivity index (χ0n) is 11.4. The van der Waals surface area contributed by atoms with Crippen LogP contribution in [0.15, 0.2) is 46.8 Å². The van der Waals surface area contributed by atoms with E-state index in [1.807, 2.05) is 41.9 Å². The summed E-state index contributed by atoms with van der Waals surface area (Å²) in [6.45, 7) is 0. The Morgan fingerprint density at radius 1 is 1.23 bits per heavy atom. The third-order valence-corrected chi connectivity index (χ3v) is 4.05. The highest BCUT2D eigenvalue weighted by Crippen LogP contribution is 2.27. The highest BCUT2D eigenvalue weighted by molar-refractivity contribution is 7.99. The fraction of sp³-hybridized carbons (Fsp3) is 0.0714. The topological polar surface area (TPSA) is 80.3 Å². The zero-order valence-corrected chi connectivity index (χ0v) is 13.0. The van der Waals surface area contributed by atoms with E-state index >= 15 is 0 Å². The second kappa shape index (κ2) is 6.13. The van der Waals surface area contributed by atoms with Crippen LogP contribution in [0.2, 0.25) is 5.02 Å². The van der Waals surface area contributed by atoms with Crippen LogP contribution < -0.4 is 0 Å². The average Bonchev–Trinajstić information content (AvgIpc) is 2.89. The number of halogens is 1. The molecule has 3 aromatic rings. The van der Waals surface area contributed by atoms with Gasteiger partial charge in [0.2, 0.25) is 0 Å².